The summed E-state index contributed by atoms with van der Waals surface area (Å²) >= 11 is 0. The van der Waals surface area contributed by atoms with E-state index in [1.165, 1.54) is 4.90 Å². The average molecular weight is 479 g/mol. The van der Waals surface area contributed by atoms with E-state index in [9.17, 15) is 14.4 Å². The lowest BCUT2D eigenvalue weighted by Gasteiger charge is -2.37. The highest BCUT2D eigenvalue weighted by atomic mass is 16.6. The van der Waals surface area contributed by atoms with E-state index < -0.39 is 23.7 Å². The van der Waals surface area contributed by atoms with Crippen molar-refractivity contribution in [3.05, 3.63) is 59.7 Å². The Morgan fingerprint density at radius 1 is 1.03 bits per heavy atom. The van der Waals surface area contributed by atoms with Gasteiger partial charge in [0.15, 0.2) is 0 Å². The fraction of sp³-hybridized carbons (Fsp3) is 0.464. The molecule has 2 amide bonds. The predicted molar refractivity (Wildman–Crippen MR) is 133 cm³/mol. The second-order valence-electron chi connectivity index (χ2n) is 10.3. The second kappa shape index (κ2) is 10.1. The lowest BCUT2D eigenvalue weighted by Crippen LogP contribution is -2.57. The Labute approximate surface area is 206 Å². The molecule has 186 valence electrons. The Morgan fingerprint density at radius 3 is 2.20 bits per heavy atom. The SMILES string of the molecule is CC[C@H]1CCN(CC(=O)OC(C)(C)C)C(=O)[C@@H]1NC(=O)OCC1c2ccccc2-c2ccccc21. The first-order valence-electron chi connectivity index (χ1n) is 12.3. The molecule has 2 aliphatic rings. The predicted octanol–water partition coefficient (Wildman–Crippen LogP) is 4.49. The van der Waals surface area contributed by atoms with Crippen LogP contribution in [0.2, 0.25) is 0 Å². The number of fused-ring (bicyclic) bond motifs is 3. The van der Waals surface area contributed by atoms with Crippen LogP contribution in [0, 0.1) is 5.92 Å². The standard InChI is InChI=1S/C28H34N2O5/c1-5-18-14-15-30(16-24(31)35-28(2,3)4)26(32)25(18)29-27(33)34-17-23-21-12-8-6-10-19(21)20-11-7-9-13-22(20)23/h6-13,18,23,25H,5,14-17H2,1-4H3,(H,29,33)/t18-,25+/m0/s1. The fourth-order valence-corrected chi connectivity index (χ4v) is 5.07. The van der Waals surface area contributed by atoms with Gasteiger partial charge in [-0.25, -0.2) is 4.79 Å². The van der Waals surface area contributed by atoms with Crippen molar-refractivity contribution in [3.63, 3.8) is 0 Å². The molecule has 1 fully saturated rings. The summed E-state index contributed by atoms with van der Waals surface area (Å²) < 4.78 is 11.0. The maximum absolute atomic E-state index is 13.2. The monoisotopic (exact) mass is 478 g/mol. The highest BCUT2D eigenvalue weighted by Crippen LogP contribution is 2.44. The van der Waals surface area contributed by atoms with Crippen LogP contribution in [-0.4, -0.2) is 54.2 Å². The highest BCUT2D eigenvalue weighted by Gasteiger charge is 2.38. The summed E-state index contributed by atoms with van der Waals surface area (Å²) in [5.74, 6) is -0.804. The van der Waals surface area contributed by atoms with Crippen LogP contribution in [0.25, 0.3) is 11.1 Å². The molecule has 1 aliphatic heterocycles. The fourth-order valence-electron chi connectivity index (χ4n) is 5.07. The summed E-state index contributed by atoms with van der Waals surface area (Å²) in [6, 6.07) is 15.6. The number of esters is 1. The van der Waals surface area contributed by atoms with E-state index in [4.69, 9.17) is 9.47 Å². The van der Waals surface area contributed by atoms with E-state index in [0.717, 1.165) is 28.7 Å². The molecule has 1 heterocycles. The summed E-state index contributed by atoms with van der Waals surface area (Å²) in [6.45, 7) is 7.87. The minimum atomic E-state index is -0.730. The van der Waals surface area contributed by atoms with Crippen molar-refractivity contribution < 1.29 is 23.9 Å². The van der Waals surface area contributed by atoms with Crippen LogP contribution in [0.5, 0.6) is 0 Å². The third-order valence-electron chi connectivity index (χ3n) is 6.70. The van der Waals surface area contributed by atoms with Gasteiger partial charge in [-0.05, 0) is 55.4 Å². The number of piperidine rings is 1. The Kier molecular flexibility index (Phi) is 7.15. The molecule has 0 spiro atoms. The molecule has 35 heavy (non-hydrogen) atoms. The molecule has 2 atom stereocenters. The number of likely N-dealkylation sites (tertiary alicyclic amines) is 1. The number of nitrogens with zero attached hydrogens (tertiary/aromatic N) is 1. The summed E-state index contributed by atoms with van der Waals surface area (Å²) in [7, 11) is 0. The zero-order chi connectivity index (χ0) is 25.2. The second-order valence-corrected chi connectivity index (χ2v) is 10.3. The molecule has 0 bridgehead atoms. The Morgan fingerprint density at radius 2 is 1.63 bits per heavy atom. The molecular weight excluding hydrogens is 444 g/mol. The van der Waals surface area contributed by atoms with E-state index in [1.54, 1.807) is 20.8 Å². The number of hydrogen-bond acceptors (Lipinski definition) is 5. The number of nitrogens with one attached hydrogen (secondary N) is 1. The number of benzene rings is 2. The van der Waals surface area contributed by atoms with E-state index in [-0.39, 0.29) is 30.9 Å². The van der Waals surface area contributed by atoms with Gasteiger partial charge >= 0.3 is 12.1 Å². The van der Waals surface area contributed by atoms with Crippen molar-refractivity contribution in [2.75, 3.05) is 19.7 Å². The molecule has 1 aliphatic carbocycles. The van der Waals surface area contributed by atoms with Crippen LogP contribution >= 0.6 is 0 Å². The van der Waals surface area contributed by atoms with Crippen molar-refractivity contribution in [2.45, 2.75) is 58.1 Å². The molecule has 2 aromatic carbocycles. The summed E-state index contributed by atoms with van der Waals surface area (Å²) in [4.78, 5) is 39.7. The summed E-state index contributed by atoms with van der Waals surface area (Å²) in [5, 5.41) is 2.79. The molecule has 7 heteroatoms. The third kappa shape index (κ3) is 5.50. The van der Waals surface area contributed by atoms with Gasteiger partial charge in [0.05, 0.1) is 0 Å². The van der Waals surface area contributed by atoms with Gasteiger partial charge in [0, 0.05) is 12.5 Å². The minimum absolute atomic E-state index is 0.0159. The maximum atomic E-state index is 13.2. The molecule has 0 radical (unpaired) electrons. The Hall–Kier alpha value is -3.35. The molecule has 4 rings (SSSR count). The van der Waals surface area contributed by atoms with E-state index in [0.29, 0.717) is 13.0 Å². The zero-order valence-electron chi connectivity index (χ0n) is 20.9. The lowest BCUT2D eigenvalue weighted by atomic mass is 9.88. The smallest absolute Gasteiger partial charge is 0.407 e. The van der Waals surface area contributed by atoms with E-state index in [1.807, 2.05) is 31.2 Å². The molecule has 7 nitrogen and oxygen atoms in total. The van der Waals surface area contributed by atoms with Crippen LogP contribution in [0.1, 0.15) is 57.6 Å². The Balaban J connectivity index is 1.40. The van der Waals surface area contributed by atoms with Gasteiger partial charge in [0.25, 0.3) is 0 Å². The first-order chi connectivity index (χ1) is 16.7. The first kappa shape index (κ1) is 24.8. The zero-order valence-corrected chi connectivity index (χ0v) is 20.9. The number of carbonyl (C=O) groups excluding carboxylic acids is 3. The minimum Gasteiger partial charge on any atom is -0.459 e. The number of ether oxygens (including phenoxy) is 2. The van der Waals surface area contributed by atoms with Crippen molar-refractivity contribution >= 4 is 18.0 Å². The van der Waals surface area contributed by atoms with Crippen molar-refractivity contribution in [2.24, 2.45) is 5.92 Å². The number of alkyl carbamates (subject to hydrolysis) is 1. The largest absolute Gasteiger partial charge is 0.459 e. The number of hydrogen-bond donors (Lipinski definition) is 1. The van der Waals surface area contributed by atoms with Gasteiger partial charge in [-0.2, -0.15) is 0 Å². The van der Waals surface area contributed by atoms with Crippen LogP contribution < -0.4 is 5.32 Å². The molecule has 0 unspecified atom stereocenters. The average Bonchev–Trinajstić information content (AvgIpc) is 3.13. The molecule has 0 aromatic heterocycles. The van der Waals surface area contributed by atoms with Crippen LogP contribution in [0.3, 0.4) is 0 Å². The molecule has 0 saturated carbocycles. The molecular formula is C28H34N2O5. The van der Waals surface area contributed by atoms with Gasteiger partial charge in [0.1, 0.15) is 24.8 Å². The van der Waals surface area contributed by atoms with Gasteiger partial charge in [0.2, 0.25) is 5.91 Å². The van der Waals surface area contributed by atoms with Gasteiger partial charge < -0.3 is 19.7 Å². The van der Waals surface area contributed by atoms with E-state index >= 15 is 0 Å². The van der Waals surface area contributed by atoms with Crippen molar-refractivity contribution in [1.29, 1.82) is 0 Å². The molecule has 2 aromatic rings. The number of amides is 2. The normalized spacial score (nSPS) is 19.7. The molecule has 1 saturated heterocycles. The highest BCUT2D eigenvalue weighted by molar-refractivity contribution is 5.89. The van der Waals surface area contributed by atoms with Gasteiger partial charge in [-0.15, -0.1) is 0 Å². The Bertz CT molecular complexity index is 1060. The topological polar surface area (TPSA) is 84.9 Å². The number of rotatable bonds is 6. The molecule has 1 N–H and O–H groups in total. The summed E-state index contributed by atoms with van der Waals surface area (Å²) in [6.07, 6.45) is 0.808. The van der Waals surface area contributed by atoms with Crippen LogP contribution in [0.15, 0.2) is 48.5 Å². The quantitative estimate of drug-likeness (QED) is 0.618. The number of carbonyl (C=O) groups is 3. The first-order valence-corrected chi connectivity index (χ1v) is 12.3. The summed E-state index contributed by atoms with van der Waals surface area (Å²) in [5.41, 5.74) is 3.95. The van der Waals surface area contributed by atoms with Crippen LogP contribution in [0.4, 0.5) is 4.79 Å². The third-order valence-corrected chi connectivity index (χ3v) is 6.70. The van der Waals surface area contributed by atoms with E-state index in [2.05, 4.69) is 29.6 Å². The lowest BCUT2D eigenvalue weighted by molar-refractivity contribution is -0.160. The van der Waals surface area contributed by atoms with Crippen molar-refractivity contribution in [3.8, 4) is 11.1 Å². The van der Waals surface area contributed by atoms with Gasteiger partial charge in [-0.1, -0.05) is 61.9 Å². The van der Waals surface area contributed by atoms with Crippen LogP contribution in [-0.2, 0) is 19.1 Å². The van der Waals surface area contributed by atoms with Crippen molar-refractivity contribution in [1.82, 2.24) is 10.2 Å². The van der Waals surface area contributed by atoms with Gasteiger partial charge in [-0.3, -0.25) is 9.59 Å². The maximum Gasteiger partial charge on any atom is 0.407 e.